The number of ether oxygens (including phenoxy) is 1. The Kier molecular flexibility index (Phi) is 6.06. The summed E-state index contributed by atoms with van der Waals surface area (Å²) in [5.74, 6) is 1.88. The van der Waals surface area contributed by atoms with Gasteiger partial charge < -0.3 is 19.5 Å². The largest absolute Gasteiger partial charge is 0.494 e. The van der Waals surface area contributed by atoms with E-state index in [9.17, 15) is 9.18 Å². The van der Waals surface area contributed by atoms with Crippen LogP contribution >= 0.6 is 0 Å². The Hall–Kier alpha value is -4.27. The van der Waals surface area contributed by atoms with Gasteiger partial charge >= 0.3 is 0 Å². The number of carbonyl (C=O) groups excluding carboxylic acids is 1. The molecule has 0 spiro atoms. The number of methoxy groups -OCH3 is 1. The maximum atomic E-state index is 13.5. The predicted octanol–water partition coefficient (Wildman–Crippen LogP) is 4.91. The van der Waals surface area contributed by atoms with Gasteiger partial charge in [0.25, 0.3) is 0 Å². The third kappa shape index (κ3) is 4.17. The van der Waals surface area contributed by atoms with Crippen LogP contribution in [0.2, 0.25) is 0 Å². The van der Waals surface area contributed by atoms with Crippen molar-refractivity contribution in [2.24, 2.45) is 0 Å². The number of fused-ring (bicyclic) bond motifs is 3. The van der Waals surface area contributed by atoms with Gasteiger partial charge in [0.15, 0.2) is 5.78 Å². The molecule has 0 radical (unpaired) electrons. The molecule has 1 N–H and O–H groups in total. The number of anilines is 3. The first-order valence-corrected chi connectivity index (χ1v) is 12.9. The van der Waals surface area contributed by atoms with E-state index in [4.69, 9.17) is 14.7 Å². The normalized spacial score (nSPS) is 18.3. The number of nitrogens with one attached hydrogen (secondary N) is 1. The highest BCUT2D eigenvalue weighted by molar-refractivity contribution is 5.95. The third-order valence-corrected chi connectivity index (χ3v) is 7.48. The number of aryl methyl sites for hydroxylation is 2. The Bertz CT molecular complexity index is 1520. The van der Waals surface area contributed by atoms with Crippen LogP contribution in [0.3, 0.4) is 0 Å². The second kappa shape index (κ2) is 9.55. The number of halogens is 1. The van der Waals surface area contributed by atoms with Gasteiger partial charge in [0.1, 0.15) is 17.4 Å². The first-order chi connectivity index (χ1) is 18.4. The molecular formula is C29H29FN6O2. The van der Waals surface area contributed by atoms with Gasteiger partial charge in [-0.3, -0.25) is 4.79 Å². The lowest BCUT2D eigenvalue weighted by Gasteiger charge is -2.34. The lowest BCUT2D eigenvalue weighted by molar-refractivity contribution is -0.120. The highest BCUT2D eigenvalue weighted by atomic mass is 19.1. The van der Waals surface area contributed by atoms with Crippen LogP contribution in [0, 0.1) is 12.7 Å². The van der Waals surface area contributed by atoms with Crippen LogP contribution in [0.1, 0.15) is 41.8 Å². The van der Waals surface area contributed by atoms with Gasteiger partial charge in [-0.1, -0.05) is 19.1 Å². The fourth-order valence-corrected chi connectivity index (χ4v) is 5.70. The smallest absolute Gasteiger partial charge is 0.229 e. The summed E-state index contributed by atoms with van der Waals surface area (Å²) in [5, 5.41) is 3.35. The van der Waals surface area contributed by atoms with E-state index in [0.29, 0.717) is 31.1 Å². The van der Waals surface area contributed by atoms with Crippen LogP contribution < -0.4 is 15.0 Å². The van der Waals surface area contributed by atoms with Gasteiger partial charge in [0.05, 0.1) is 36.6 Å². The van der Waals surface area contributed by atoms with Crippen LogP contribution in [0.4, 0.5) is 21.8 Å². The Labute approximate surface area is 220 Å². The highest BCUT2D eigenvalue weighted by Crippen LogP contribution is 2.42. The van der Waals surface area contributed by atoms with Crippen molar-refractivity contribution < 1.29 is 13.9 Å². The fraction of sp³-hybridized carbons (Fsp3) is 0.310. The molecule has 2 aliphatic heterocycles. The monoisotopic (exact) mass is 512 g/mol. The molecule has 2 aliphatic rings. The van der Waals surface area contributed by atoms with E-state index >= 15 is 0 Å². The Morgan fingerprint density at radius 2 is 1.97 bits per heavy atom. The molecule has 1 saturated heterocycles. The van der Waals surface area contributed by atoms with Crippen LogP contribution in [-0.4, -0.2) is 45.0 Å². The van der Waals surface area contributed by atoms with E-state index in [1.807, 2.05) is 42.8 Å². The first-order valence-electron chi connectivity index (χ1n) is 12.9. The molecule has 0 unspecified atom stereocenters. The van der Waals surface area contributed by atoms with Crippen LogP contribution in [-0.2, 0) is 17.6 Å². The molecule has 4 aromatic rings. The zero-order valence-corrected chi connectivity index (χ0v) is 21.6. The van der Waals surface area contributed by atoms with Gasteiger partial charge in [-0.15, -0.1) is 0 Å². The molecule has 9 heteroatoms. The van der Waals surface area contributed by atoms with Crippen molar-refractivity contribution in [2.45, 2.75) is 45.1 Å². The summed E-state index contributed by atoms with van der Waals surface area (Å²) < 4.78 is 21.1. The molecule has 0 saturated carbocycles. The minimum absolute atomic E-state index is 0.0105. The zero-order chi connectivity index (χ0) is 26.4. The van der Waals surface area contributed by atoms with E-state index < -0.39 is 0 Å². The molecule has 2 aromatic heterocycles. The van der Waals surface area contributed by atoms with Crippen LogP contribution in [0.25, 0.3) is 5.69 Å². The molecule has 38 heavy (non-hydrogen) atoms. The van der Waals surface area contributed by atoms with Crippen LogP contribution in [0.5, 0.6) is 5.75 Å². The van der Waals surface area contributed by atoms with Crippen molar-refractivity contribution in [1.29, 1.82) is 0 Å². The minimum atomic E-state index is -0.307. The summed E-state index contributed by atoms with van der Waals surface area (Å²) in [7, 11) is 1.64. The number of carbonyl (C=O) groups is 1. The van der Waals surface area contributed by atoms with Crippen molar-refractivity contribution in [1.82, 2.24) is 19.5 Å². The van der Waals surface area contributed by atoms with Crippen molar-refractivity contribution >= 4 is 23.2 Å². The molecule has 0 bridgehead atoms. The van der Waals surface area contributed by atoms with Gasteiger partial charge in [0.2, 0.25) is 5.95 Å². The van der Waals surface area contributed by atoms with E-state index in [-0.39, 0.29) is 23.6 Å². The predicted molar refractivity (Wildman–Crippen MR) is 143 cm³/mol. The number of Topliss-reactive ketones (excluding diaryl/α,β-unsaturated/α-hetero) is 1. The number of ketones is 1. The SMILES string of the molecule is CCc1nc(Nc2ccc(-n3cnc(C)c3)c(OC)c2)nc2c1CC(=O)[C@H]1[C@@H](c3ccc(F)cc3)CCN21. The van der Waals surface area contributed by atoms with Crippen molar-refractivity contribution in [2.75, 3.05) is 23.9 Å². The fourth-order valence-electron chi connectivity index (χ4n) is 5.70. The van der Waals surface area contributed by atoms with Crippen molar-refractivity contribution in [3.63, 3.8) is 0 Å². The van der Waals surface area contributed by atoms with Crippen LogP contribution in [0.15, 0.2) is 55.0 Å². The molecule has 2 atom stereocenters. The van der Waals surface area contributed by atoms with Gasteiger partial charge in [-0.2, -0.15) is 4.98 Å². The number of hydrogen-bond donors (Lipinski definition) is 1. The quantitative estimate of drug-likeness (QED) is 0.393. The van der Waals surface area contributed by atoms with E-state index in [2.05, 4.69) is 15.2 Å². The molecule has 6 rings (SSSR count). The molecule has 4 heterocycles. The molecule has 2 aromatic carbocycles. The Morgan fingerprint density at radius 3 is 2.68 bits per heavy atom. The molecule has 0 amide bonds. The maximum absolute atomic E-state index is 13.5. The average Bonchev–Trinajstić information content (AvgIpc) is 3.56. The van der Waals surface area contributed by atoms with Crippen molar-refractivity contribution in [3.05, 3.63) is 83.3 Å². The van der Waals surface area contributed by atoms with E-state index in [1.54, 1.807) is 25.6 Å². The van der Waals surface area contributed by atoms with Gasteiger partial charge in [-0.25, -0.2) is 14.4 Å². The number of benzene rings is 2. The summed E-state index contributed by atoms with van der Waals surface area (Å²) >= 11 is 0. The van der Waals surface area contributed by atoms with E-state index in [1.165, 1.54) is 12.1 Å². The summed E-state index contributed by atoms with van der Waals surface area (Å²) in [5.41, 5.74) is 5.35. The molecular weight excluding hydrogens is 483 g/mol. The molecule has 194 valence electrons. The Morgan fingerprint density at radius 1 is 1.16 bits per heavy atom. The summed E-state index contributed by atoms with van der Waals surface area (Å²) in [6.07, 6.45) is 5.51. The summed E-state index contributed by atoms with van der Waals surface area (Å²) in [4.78, 5) is 29.5. The lowest BCUT2D eigenvalue weighted by Crippen LogP contribution is -2.45. The van der Waals surface area contributed by atoms with Crippen molar-refractivity contribution in [3.8, 4) is 11.4 Å². The first kappa shape index (κ1) is 24.1. The number of imidazole rings is 1. The number of hydrogen-bond acceptors (Lipinski definition) is 7. The van der Waals surface area contributed by atoms with Gasteiger partial charge in [0, 0.05) is 42.4 Å². The third-order valence-electron chi connectivity index (χ3n) is 7.48. The summed E-state index contributed by atoms with van der Waals surface area (Å²) in [6.45, 7) is 4.69. The lowest BCUT2D eigenvalue weighted by atomic mass is 9.85. The van der Waals surface area contributed by atoms with E-state index in [0.717, 1.165) is 46.1 Å². The standard InChI is InChI=1S/C29H29FN6O2/c1-4-23-22-14-25(37)27-21(18-5-7-19(30)8-6-18)11-12-36(27)28(22)34-29(33-23)32-20-9-10-24(26(13-20)38-3)35-15-17(2)31-16-35/h5-10,13,15-16,21,27H,4,11-12,14H2,1-3H3,(H,32,33,34)/t21-,27-/m1/s1. The minimum Gasteiger partial charge on any atom is -0.494 e. The maximum Gasteiger partial charge on any atom is 0.229 e. The molecule has 8 nitrogen and oxygen atoms in total. The number of nitrogens with zero attached hydrogens (tertiary/aromatic N) is 5. The zero-order valence-electron chi connectivity index (χ0n) is 21.6. The second-order valence-electron chi connectivity index (χ2n) is 9.81. The second-order valence-corrected chi connectivity index (χ2v) is 9.81. The average molecular weight is 513 g/mol. The molecule has 1 fully saturated rings. The summed E-state index contributed by atoms with van der Waals surface area (Å²) in [6, 6.07) is 12.0. The number of aromatic nitrogens is 4. The molecule has 0 aliphatic carbocycles. The number of rotatable bonds is 6. The Balaban J connectivity index is 1.33. The highest BCUT2D eigenvalue weighted by Gasteiger charge is 2.45. The van der Waals surface area contributed by atoms with Gasteiger partial charge in [-0.05, 0) is 49.6 Å². The topological polar surface area (TPSA) is 85.2 Å².